The summed E-state index contributed by atoms with van der Waals surface area (Å²) in [6, 6.07) is 3.33. The van der Waals surface area contributed by atoms with E-state index in [0.717, 1.165) is 12.1 Å². The minimum Gasteiger partial charge on any atom is -0.486 e. The highest BCUT2D eigenvalue weighted by Gasteiger charge is 2.21. The van der Waals surface area contributed by atoms with Crippen LogP contribution in [0.5, 0.6) is 5.75 Å². The maximum atomic E-state index is 13.0. The first-order valence-electron chi connectivity index (χ1n) is 4.61. The van der Waals surface area contributed by atoms with E-state index in [4.69, 9.17) is 10.00 Å². The molecule has 0 spiro atoms. The van der Waals surface area contributed by atoms with E-state index >= 15 is 0 Å². The van der Waals surface area contributed by atoms with E-state index in [2.05, 4.69) is 0 Å². The number of ether oxygens (including phenoxy) is 1. The Morgan fingerprint density at radius 1 is 1.62 bits per heavy atom. The summed E-state index contributed by atoms with van der Waals surface area (Å²) in [6.07, 6.45) is 0.638. The molecule has 0 heterocycles. The minimum atomic E-state index is -0.827. The largest absolute Gasteiger partial charge is 0.486 e. The molecule has 1 aromatic carbocycles. The number of nitrogens with zero attached hydrogens (tertiary/aromatic N) is 2. The quantitative estimate of drug-likeness (QED) is 0.581. The van der Waals surface area contributed by atoms with E-state index in [0.29, 0.717) is 6.42 Å². The van der Waals surface area contributed by atoms with Crippen LogP contribution in [0.15, 0.2) is 12.1 Å². The topological polar surface area (TPSA) is 76.2 Å². The number of benzene rings is 1. The van der Waals surface area contributed by atoms with E-state index in [-0.39, 0.29) is 17.9 Å². The van der Waals surface area contributed by atoms with E-state index in [1.54, 1.807) is 6.07 Å². The lowest BCUT2D eigenvalue weighted by atomic mass is 10.2. The SMILES string of the molecule is CCCOc1c(C#N)cc(F)cc1[N+](=O)[O-]. The molecule has 0 aromatic heterocycles. The highest BCUT2D eigenvalue weighted by molar-refractivity contribution is 5.56. The van der Waals surface area contributed by atoms with Gasteiger partial charge in [-0.2, -0.15) is 5.26 Å². The molecule has 5 nitrogen and oxygen atoms in total. The summed E-state index contributed by atoms with van der Waals surface area (Å²) in [5.74, 6) is -0.997. The predicted molar refractivity (Wildman–Crippen MR) is 53.6 cm³/mol. The average Bonchev–Trinajstić information content (AvgIpc) is 2.26. The Morgan fingerprint density at radius 3 is 2.81 bits per heavy atom. The second kappa shape index (κ2) is 5.07. The van der Waals surface area contributed by atoms with Crippen LogP contribution in [0.2, 0.25) is 0 Å². The maximum Gasteiger partial charge on any atom is 0.315 e. The Balaban J connectivity index is 3.29. The first kappa shape index (κ1) is 11.9. The Labute approximate surface area is 91.2 Å². The zero-order valence-corrected chi connectivity index (χ0v) is 8.57. The molecule has 1 rings (SSSR count). The number of rotatable bonds is 4. The van der Waals surface area contributed by atoms with E-state index < -0.39 is 16.4 Å². The van der Waals surface area contributed by atoms with Gasteiger partial charge >= 0.3 is 5.69 Å². The van der Waals surface area contributed by atoms with E-state index in [1.807, 2.05) is 6.92 Å². The monoisotopic (exact) mass is 224 g/mol. The van der Waals surface area contributed by atoms with Crippen LogP contribution >= 0.6 is 0 Å². The summed E-state index contributed by atoms with van der Waals surface area (Å²) in [7, 11) is 0. The van der Waals surface area contributed by atoms with Crippen molar-refractivity contribution in [2.45, 2.75) is 13.3 Å². The van der Waals surface area contributed by atoms with Crippen molar-refractivity contribution < 1.29 is 14.1 Å². The van der Waals surface area contributed by atoms with Crippen molar-refractivity contribution in [1.29, 1.82) is 5.26 Å². The summed E-state index contributed by atoms with van der Waals surface area (Å²) in [4.78, 5) is 9.89. The van der Waals surface area contributed by atoms with Crippen LogP contribution < -0.4 is 4.74 Å². The number of hydrogen-bond donors (Lipinski definition) is 0. The van der Waals surface area contributed by atoms with Gasteiger partial charge in [-0.25, -0.2) is 4.39 Å². The van der Waals surface area contributed by atoms with Gasteiger partial charge in [-0.15, -0.1) is 0 Å². The molecule has 84 valence electrons. The van der Waals surface area contributed by atoms with Gasteiger partial charge in [-0.1, -0.05) is 6.92 Å². The number of hydrogen-bond acceptors (Lipinski definition) is 4. The zero-order chi connectivity index (χ0) is 12.1. The Hall–Kier alpha value is -2.16. The fraction of sp³-hybridized carbons (Fsp3) is 0.300. The second-order valence-corrected chi connectivity index (χ2v) is 3.02. The van der Waals surface area contributed by atoms with Crippen LogP contribution in [0.25, 0.3) is 0 Å². The second-order valence-electron chi connectivity index (χ2n) is 3.02. The molecule has 0 aliphatic rings. The van der Waals surface area contributed by atoms with Gasteiger partial charge in [0.2, 0.25) is 5.75 Å². The molecule has 0 fully saturated rings. The van der Waals surface area contributed by atoms with Crippen LogP contribution in [0.4, 0.5) is 10.1 Å². The highest BCUT2D eigenvalue weighted by atomic mass is 19.1. The predicted octanol–water partition coefficient (Wildman–Crippen LogP) is 2.39. The summed E-state index contributed by atoms with van der Waals surface area (Å²) in [6.45, 7) is 2.06. The third-order valence-electron chi connectivity index (χ3n) is 1.80. The summed E-state index contributed by atoms with van der Waals surface area (Å²) in [5, 5.41) is 19.4. The van der Waals surface area contributed by atoms with Gasteiger partial charge < -0.3 is 4.74 Å². The first-order chi connectivity index (χ1) is 7.60. The van der Waals surface area contributed by atoms with Gasteiger partial charge in [-0.3, -0.25) is 10.1 Å². The maximum absolute atomic E-state index is 13.0. The highest BCUT2D eigenvalue weighted by Crippen LogP contribution is 2.31. The fourth-order valence-electron chi connectivity index (χ4n) is 1.15. The first-order valence-corrected chi connectivity index (χ1v) is 4.61. The van der Waals surface area contributed by atoms with Crippen LogP contribution in [-0.4, -0.2) is 11.5 Å². The molecule has 0 unspecified atom stereocenters. The number of halogens is 1. The van der Waals surface area contributed by atoms with Crippen LogP contribution in [0, 0.1) is 27.3 Å². The van der Waals surface area contributed by atoms with Gasteiger partial charge in [0, 0.05) is 0 Å². The van der Waals surface area contributed by atoms with Crippen molar-refractivity contribution in [2.24, 2.45) is 0 Å². The minimum absolute atomic E-state index is 0.167. The van der Waals surface area contributed by atoms with Crippen LogP contribution in [0.3, 0.4) is 0 Å². The van der Waals surface area contributed by atoms with Crippen molar-refractivity contribution in [2.75, 3.05) is 6.61 Å². The normalized spacial score (nSPS) is 9.56. The Bertz CT molecular complexity index is 454. The number of nitro groups is 1. The molecule has 0 amide bonds. The smallest absolute Gasteiger partial charge is 0.315 e. The van der Waals surface area contributed by atoms with Crippen molar-refractivity contribution in [3.63, 3.8) is 0 Å². The molecule has 16 heavy (non-hydrogen) atoms. The van der Waals surface area contributed by atoms with Crippen LogP contribution in [-0.2, 0) is 0 Å². The Morgan fingerprint density at radius 2 is 2.31 bits per heavy atom. The summed E-state index contributed by atoms with van der Waals surface area (Å²) in [5.41, 5.74) is -0.690. The molecule has 0 aliphatic carbocycles. The molecular weight excluding hydrogens is 215 g/mol. The lowest BCUT2D eigenvalue weighted by molar-refractivity contribution is -0.386. The molecular formula is C10H9FN2O3. The molecule has 0 bridgehead atoms. The van der Waals surface area contributed by atoms with Crippen LogP contribution in [0.1, 0.15) is 18.9 Å². The van der Waals surface area contributed by atoms with Gasteiger partial charge in [0.15, 0.2) is 0 Å². The van der Waals surface area contributed by atoms with Crippen molar-refractivity contribution in [3.05, 3.63) is 33.6 Å². The fourth-order valence-corrected chi connectivity index (χ4v) is 1.15. The van der Waals surface area contributed by atoms with Gasteiger partial charge in [0.05, 0.1) is 17.6 Å². The summed E-state index contributed by atoms with van der Waals surface area (Å²) >= 11 is 0. The molecule has 1 aromatic rings. The van der Waals surface area contributed by atoms with Crippen molar-refractivity contribution >= 4 is 5.69 Å². The molecule has 0 N–H and O–H groups in total. The van der Waals surface area contributed by atoms with Gasteiger partial charge in [0.25, 0.3) is 0 Å². The lowest BCUT2D eigenvalue weighted by Crippen LogP contribution is -2.02. The Kier molecular flexibility index (Phi) is 3.78. The van der Waals surface area contributed by atoms with E-state index in [9.17, 15) is 14.5 Å². The van der Waals surface area contributed by atoms with Crippen molar-refractivity contribution in [3.8, 4) is 11.8 Å². The molecule has 0 saturated heterocycles. The van der Waals surface area contributed by atoms with E-state index in [1.165, 1.54) is 0 Å². The molecule has 0 aliphatic heterocycles. The molecule has 0 saturated carbocycles. The summed E-state index contributed by atoms with van der Waals surface area (Å²) < 4.78 is 18.1. The van der Waals surface area contributed by atoms with Gasteiger partial charge in [-0.05, 0) is 12.5 Å². The zero-order valence-electron chi connectivity index (χ0n) is 8.57. The molecule has 0 atom stereocenters. The lowest BCUT2D eigenvalue weighted by Gasteiger charge is -2.06. The van der Waals surface area contributed by atoms with Crippen molar-refractivity contribution in [1.82, 2.24) is 0 Å². The third-order valence-corrected chi connectivity index (χ3v) is 1.80. The molecule has 0 radical (unpaired) electrons. The van der Waals surface area contributed by atoms with Gasteiger partial charge in [0.1, 0.15) is 17.4 Å². The average molecular weight is 224 g/mol. The standard InChI is InChI=1S/C10H9FN2O3/c1-2-3-16-10-7(6-12)4-8(11)5-9(10)13(14)15/h4-5H,2-3H2,1H3. The third kappa shape index (κ3) is 2.45. The number of nitro benzene ring substituents is 1. The number of nitriles is 1. The molecule has 6 heteroatoms.